The number of ether oxygens (including phenoxy) is 2. The van der Waals surface area contributed by atoms with Gasteiger partial charge in [-0.3, -0.25) is 14.5 Å². The van der Waals surface area contributed by atoms with Gasteiger partial charge in [-0.25, -0.2) is 4.98 Å². The van der Waals surface area contributed by atoms with Gasteiger partial charge in [0.2, 0.25) is 0 Å². The topological polar surface area (TPSA) is 84.1 Å². The van der Waals surface area contributed by atoms with E-state index >= 15 is 0 Å². The third kappa shape index (κ3) is 5.07. The Kier molecular flexibility index (Phi) is 6.81. The molecule has 5 rings (SSSR count). The molecule has 8 nitrogen and oxygen atoms in total. The Labute approximate surface area is 221 Å². The molecule has 0 radical (unpaired) electrons. The Morgan fingerprint density at radius 3 is 2.56 bits per heavy atom. The predicted octanol–water partition coefficient (Wildman–Crippen LogP) is 5.16. The molecule has 0 saturated heterocycles. The van der Waals surface area contributed by atoms with Crippen molar-refractivity contribution < 1.29 is 22.6 Å². The minimum absolute atomic E-state index is 0.0180. The molecular weight excluding hydrogens is 511 g/mol. The van der Waals surface area contributed by atoms with Gasteiger partial charge in [0, 0.05) is 42.3 Å². The second kappa shape index (κ2) is 10.2. The van der Waals surface area contributed by atoms with E-state index in [1.807, 2.05) is 38.2 Å². The summed E-state index contributed by atoms with van der Waals surface area (Å²) in [5.41, 5.74) is 1.75. The number of hydrogen-bond acceptors (Lipinski definition) is 6. The lowest BCUT2D eigenvalue weighted by molar-refractivity contribution is -0.138. The van der Waals surface area contributed by atoms with Crippen molar-refractivity contribution in [3.8, 4) is 22.8 Å². The largest absolute Gasteiger partial charge is 0.496 e. The number of pyridine rings is 3. The summed E-state index contributed by atoms with van der Waals surface area (Å²) >= 11 is 0. The number of halogens is 3. The van der Waals surface area contributed by atoms with Crippen LogP contribution in [-0.4, -0.2) is 31.4 Å². The maximum atomic E-state index is 13.3. The van der Waals surface area contributed by atoms with Crippen LogP contribution in [-0.2, 0) is 26.4 Å². The van der Waals surface area contributed by atoms with E-state index in [4.69, 9.17) is 14.5 Å². The van der Waals surface area contributed by atoms with E-state index in [1.54, 1.807) is 23.0 Å². The Balaban J connectivity index is 1.52. The van der Waals surface area contributed by atoms with Crippen LogP contribution in [0.3, 0.4) is 0 Å². The lowest BCUT2D eigenvalue weighted by atomic mass is 10.0. The summed E-state index contributed by atoms with van der Waals surface area (Å²) in [7, 11) is 3.34. The fourth-order valence-corrected chi connectivity index (χ4v) is 4.50. The molecule has 0 aliphatic carbocycles. The number of aromatic nitrogens is 5. The molecule has 0 amide bonds. The summed E-state index contributed by atoms with van der Waals surface area (Å²) in [5, 5.41) is 5.14. The molecule has 0 fully saturated rings. The molecule has 0 aliphatic rings. The Bertz CT molecular complexity index is 1730. The number of alkyl halides is 3. The van der Waals surface area contributed by atoms with Gasteiger partial charge in [0.1, 0.15) is 29.2 Å². The smallest absolute Gasteiger partial charge is 0.421 e. The minimum atomic E-state index is -4.76. The number of fused-ring (bicyclic) bond motifs is 1. The highest BCUT2D eigenvalue weighted by atomic mass is 19.4. The Morgan fingerprint density at radius 1 is 1.03 bits per heavy atom. The first-order valence-electron chi connectivity index (χ1n) is 12.0. The molecule has 200 valence electrons. The third-order valence-corrected chi connectivity index (χ3v) is 6.37. The van der Waals surface area contributed by atoms with Gasteiger partial charge in [-0.05, 0) is 43.3 Å². The molecule has 0 saturated carbocycles. The summed E-state index contributed by atoms with van der Waals surface area (Å²) in [6.45, 7) is 1.68. The van der Waals surface area contributed by atoms with Crippen molar-refractivity contribution >= 4 is 10.9 Å². The zero-order valence-electron chi connectivity index (χ0n) is 21.4. The maximum Gasteiger partial charge on any atom is 0.421 e. The Hall–Kier alpha value is -4.67. The van der Waals surface area contributed by atoms with E-state index in [9.17, 15) is 18.0 Å². The quantitative estimate of drug-likeness (QED) is 0.287. The molecule has 11 heteroatoms. The van der Waals surface area contributed by atoms with Crippen LogP contribution in [0, 0.1) is 6.92 Å². The highest BCUT2D eigenvalue weighted by molar-refractivity contribution is 5.97. The average molecular weight is 536 g/mol. The zero-order chi connectivity index (χ0) is 27.7. The van der Waals surface area contributed by atoms with E-state index in [0.717, 1.165) is 33.0 Å². The molecule has 0 unspecified atom stereocenters. The summed E-state index contributed by atoms with van der Waals surface area (Å²) in [6.07, 6.45) is -0.273. The summed E-state index contributed by atoms with van der Waals surface area (Å²) in [4.78, 5) is 21.6. The number of methoxy groups -OCH3 is 1. The normalized spacial score (nSPS) is 11.6. The minimum Gasteiger partial charge on any atom is -0.496 e. The first-order chi connectivity index (χ1) is 18.7. The first-order valence-corrected chi connectivity index (χ1v) is 12.0. The van der Waals surface area contributed by atoms with Crippen LogP contribution in [0.5, 0.6) is 11.5 Å². The van der Waals surface area contributed by atoms with Gasteiger partial charge in [-0.15, -0.1) is 0 Å². The molecule has 39 heavy (non-hydrogen) atoms. The van der Waals surface area contributed by atoms with E-state index in [2.05, 4.69) is 10.1 Å². The number of aryl methyl sites for hydroxylation is 2. The van der Waals surface area contributed by atoms with Crippen molar-refractivity contribution in [3.63, 3.8) is 0 Å². The van der Waals surface area contributed by atoms with Crippen LogP contribution in [0.1, 0.15) is 22.5 Å². The van der Waals surface area contributed by atoms with Gasteiger partial charge >= 0.3 is 6.18 Å². The molecule has 4 aromatic heterocycles. The Morgan fingerprint density at radius 2 is 1.85 bits per heavy atom. The molecule has 0 bridgehead atoms. The van der Waals surface area contributed by atoms with Gasteiger partial charge in [0.25, 0.3) is 5.56 Å². The van der Waals surface area contributed by atoms with E-state index < -0.39 is 17.3 Å². The fraction of sp³-hybridized carbons (Fsp3) is 0.214. The summed E-state index contributed by atoms with van der Waals surface area (Å²) < 4.78 is 54.3. The van der Waals surface area contributed by atoms with Gasteiger partial charge in [0.05, 0.1) is 30.6 Å². The molecule has 0 aliphatic heterocycles. The van der Waals surface area contributed by atoms with Crippen LogP contribution in [0.4, 0.5) is 13.2 Å². The van der Waals surface area contributed by atoms with Crippen molar-refractivity contribution in [2.24, 2.45) is 7.05 Å². The van der Waals surface area contributed by atoms with E-state index in [0.29, 0.717) is 28.3 Å². The molecule has 4 heterocycles. The number of nitrogens with zero attached hydrogens (tertiary/aromatic N) is 5. The number of benzene rings is 1. The van der Waals surface area contributed by atoms with Gasteiger partial charge in [-0.1, -0.05) is 12.1 Å². The van der Waals surface area contributed by atoms with Gasteiger partial charge in [-0.2, -0.15) is 18.3 Å². The van der Waals surface area contributed by atoms with Crippen molar-refractivity contribution in [1.29, 1.82) is 0 Å². The predicted molar refractivity (Wildman–Crippen MR) is 139 cm³/mol. The first kappa shape index (κ1) is 26.0. The van der Waals surface area contributed by atoms with Crippen molar-refractivity contribution in [2.75, 3.05) is 7.11 Å². The second-order valence-electron chi connectivity index (χ2n) is 8.88. The number of hydrogen-bond donors (Lipinski definition) is 0. The molecule has 0 atom stereocenters. The average Bonchev–Trinajstić information content (AvgIpc) is 3.33. The maximum absolute atomic E-state index is 13.3. The zero-order valence-corrected chi connectivity index (χ0v) is 21.4. The van der Waals surface area contributed by atoms with Crippen molar-refractivity contribution in [3.05, 3.63) is 100.0 Å². The number of para-hydroxylation sites is 1. The van der Waals surface area contributed by atoms with Crippen LogP contribution < -0.4 is 15.0 Å². The second-order valence-corrected chi connectivity index (χ2v) is 8.88. The van der Waals surface area contributed by atoms with Crippen molar-refractivity contribution in [2.45, 2.75) is 26.3 Å². The van der Waals surface area contributed by atoms with Crippen LogP contribution in [0.15, 0.2) is 71.9 Å². The van der Waals surface area contributed by atoms with Crippen molar-refractivity contribution in [1.82, 2.24) is 24.3 Å². The standard InChI is InChI=1S/C28H24F3N5O3/c1-17-14-19(23-9-12-33-35(23)2)18-6-4-8-25(26(18)34-17)39-16-20-22(32-11-10-24(20)38-3)15-36-13-5-7-21(27(36)37)28(29,30)31/h4-14H,15-16H2,1-3H3. The molecule has 0 spiro atoms. The lowest BCUT2D eigenvalue weighted by Gasteiger charge is -2.17. The third-order valence-electron chi connectivity index (χ3n) is 6.37. The van der Waals surface area contributed by atoms with Crippen LogP contribution in [0.25, 0.3) is 22.2 Å². The van der Waals surface area contributed by atoms with E-state index in [1.165, 1.54) is 25.6 Å². The highest BCUT2D eigenvalue weighted by Crippen LogP contribution is 2.34. The molecular formula is C28H24F3N5O3. The molecule has 5 aromatic rings. The van der Waals surface area contributed by atoms with Gasteiger partial charge < -0.3 is 14.0 Å². The molecule has 1 aromatic carbocycles. The SMILES string of the molecule is COc1ccnc(Cn2cccc(C(F)(F)F)c2=O)c1COc1cccc2c(-c3ccnn3C)cc(C)nc12. The van der Waals surface area contributed by atoms with Crippen LogP contribution in [0.2, 0.25) is 0 Å². The summed E-state index contributed by atoms with van der Waals surface area (Å²) in [6, 6.07) is 13.1. The highest BCUT2D eigenvalue weighted by Gasteiger charge is 2.34. The molecule has 0 N–H and O–H groups in total. The fourth-order valence-electron chi connectivity index (χ4n) is 4.50. The monoisotopic (exact) mass is 535 g/mol. The number of rotatable bonds is 7. The van der Waals surface area contributed by atoms with Crippen LogP contribution >= 0.6 is 0 Å². The lowest BCUT2D eigenvalue weighted by Crippen LogP contribution is -2.28. The van der Waals surface area contributed by atoms with Gasteiger partial charge in [0.15, 0.2) is 0 Å². The van der Waals surface area contributed by atoms with E-state index in [-0.39, 0.29) is 13.2 Å². The summed E-state index contributed by atoms with van der Waals surface area (Å²) in [5.74, 6) is 0.938.